The molecule has 0 radical (unpaired) electrons. The molecule has 0 bridgehead atoms. The summed E-state index contributed by atoms with van der Waals surface area (Å²) in [4.78, 5) is 54.6. The number of benzene rings is 2. The molecule has 0 fully saturated rings. The molecule has 15 heteroatoms. The Morgan fingerprint density at radius 3 is 2.60 bits per heavy atom. The van der Waals surface area contributed by atoms with Gasteiger partial charge in [0.05, 0.1) is 23.3 Å². The number of oxazole rings is 1. The number of amides is 1. The fraction of sp³-hybridized carbons (Fsp3) is 0.333. The lowest BCUT2D eigenvalue weighted by Crippen LogP contribution is -2.29. The van der Waals surface area contributed by atoms with Gasteiger partial charge in [-0.3, -0.25) is 9.36 Å². The monoisotopic (exact) mass is 680 g/mol. The number of carbonyl (C=O) groups is 3. The van der Waals surface area contributed by atoms with Gasteiger partial charge in [-0.2, -0.15) is 5.10 Å². The predicted octanol–water partition coefficient (Wildman–Crippen LogP) is 5.11. The van der Waals surface area contributed by atoms with E-state index in [9.17, 15) is 28.7 Å². The average molecular weight is 681 g/mol. The standard InChI is InChI=1S/C23H23FN4O5.C10H11ClN2O2/c1-11-12-7-8-16(14(12)6-5-13(11)22(32)33-23(2,3)4)27-20(29)18-9-17(21(30)31)26-19-15(24)10-25-28(18)19;1-2-13-8-5-7(6-12-11)3-4-9(8)15-10(13)14/h5-6,9-10,16H,7-8H2,1-4H3,(H,27,29)(H,30,31);3-5,12H,2,6H2,1H3/t16-;/m0./s1. The van der Waals surface area contributed by atoms with Gasteiger partial charge in [0.25, 0.3) is 5.91 Å². The van der Waals surface area contributed by atoms with Crippen molar-refractivity contribution < 1.29 is 33.0 Å². The van der Waals surface area contributed by atoms with E-state index < -0.39 is 35.0 Å². The Bertz CT molecular complexity index is 2110. The van der Waals surface area contributed by atoms with Crippen molar-refractivity contribution in [2.24, 2.45) is 0 Å². The first-order valence-electron chi connectivity index (χ1n) is 15.1. The number of carboxylic acid groups (broad SMARTS) is 1. The van der Waals surface area contributed by atoms with Crippen LogP contribution < -0.4 is 15.9 Å². The maximum absolute atomic E-state index is 14.0. The van der Waals surface area contributed by atoms with Crippen molar-refractivity contribution in [1.82, 2.24) is 29.3 Å². The Morgan fingerprint density at radius 2 is 1.94 bits per heavy atom. The molecule has 2 aromatic carbocycles. The second-order valence-electron chi connectivity index (χ2n) is 12.2. The average Bonchev–Trinajstić information content (AvgIpc) is 3.70. The van der Waals surface area contributed by atoms with Gasteiger partial charge < -0.3 is 19.6 Å². The third-order valence-corrected chi connectivity index (χ3v) is 7.95. The number of aromatic nitrogens is 4. The van der Waals surface area contributed by atoms with Gasteiger partial charge in [0.2, 0.25) is 0 Å². The maximum Gasteiger partial charge on any atom is 0.419 e. The van der Waals surface area contributed by atoms with Crippen LogP contribution in [0.2, 0.25) is 0 Å². The molecule has 1 aliphatic rings. The lowest BCUT2D eigenvalue weighted by atomic mass is 9.97. The highest BCUT2D eigenvalue weighted by molar-refractivity contribution is 6.13. The van der Waals surface area contributed by atoms with Crippen LogP contribution in [0.5, 0.6) is 0 Å². The third-order valence-electron chi connectivity index (χ3n) is 7.82. The topological polar surface area (TPSA) is 170 Å². The molecule has 3 aromatic heterocycles. The van der Waals surface area contributed by atoms with Crippen LogP contribution in [0, 0.1) is 12.7 Å². The fourth-order valence-electron chi connectivity index (χ4n) is 5.62. The van der Waals surface area contributed by atoms with E-state index in [1.807, 2.05) is 26.0 Å². The summed E-state index contributed by atoms with van der Waals surface area (Å²) in [5.74, 6) is -3.55. The summed E-state index contributed by atoms with van der Waals surface area (Å²) >= 11 is 5.42. The first-order valence-corrected chi connectivity index (χ1v) is 15.5. The van der Waals surface area contributed by atoms with Crippen molar-refractivity contribution >= 4 is 46.4 Å². The number of halogens is 2. The van der Waals surface area contributed by atoms with Gasteiger partial charge >= 0.3 is 17.7 Å². The molecule has 3 N–H and O–H groups in total. The van der Waals surface area contributed by atoms with Gasteiger partial charge in [0.1, 0.15) is 11.3 Å². The Morgan fingerprint density at radius 1 is 1.19 bits per heavy atom. The summed E-state index contributed by atoms with van der Waals surface area (Å²) in [6, 6.07) is 9.73. The molecule has 252 valence electrons. The summed E-state index contributed by atoms with van der Waals surface area (Å²) in [5, 5.41) is 16.0. The van der Waals surface area contributed by atoms with Gasteiger partial charge in [-0.25, -0.2) is 33.1 Å². The number of carbonyl (C=O) groups excluding carboxylic acids is 2. The molecule has 1 atom stereocenters. The SMILES string of the molecule is CCn1c(=O)oc2ccc(CNCl)cc21.Cc1c(C(=O)OC(C)(C)C)ccc2c1CC[C@@H]2NC(=O)c1cc(C(=O)O)nc2c(F)cnn12. The van der Waals surface area contributed by atoms with Gasteiger partial charge in [0, 0.05) is 19.2 Å². The van der Waals surface area contributed by atoms with Crippen LogP contribution >= 0.6 is 11.8 Å². The van der Waals surface area contributed by atoms with Crippen LogP contribution in [0.25, 0.3) is 16.7 Å². The zero-order chi connectivity index (χ0) is 34.9. The fourth-order valence-corrected chi connectivity index (χ4v) is 5.77. The van der Waals surface area contributed by atoms with Crippen LogP contribution in [0.1, 0.15) is 93.7 Å². The molecular formula is C33H34ClFN6O7. The minimum Gasteiger partial charge on any atom is -0.477 e. The first-order chi connectivity index (χ1) is 22.7. The van der Waals surface area contributed by atoms with Crippen molar-refractivity contribution in [3.8, 4) is 0 Å². The molecular weight excluding hydrogens is 647 g/mol. The highest BCUT2D eigenvalue weighted by Gasteiger charge is 2.30. The summed E-state index contributed by atoms with van der Waals surface area (Å²) in [6.07, 6.45) is 2.11. The number of ether oxygens (including phenoxy) is 1. The number of hydrogen-bond donors (Lipinski definition) is 3. The molecule has 5 aromatic rings. The second kappa shape index (κ2) is 13.6. The number of aryl methyl sites for hydroxylation is 1. The Labute approximate surface area is 278 Å². The number of rotatable bonds is 7. The predicted molar refractivity (Wildman–Crippen MR) is 174 cm³/mol. The van der Waals surface area contributed by atoms with Crippen molar-refractivity contribution in [3.63, 3.8) is 0 Å². The van der Waals surface area contributed by atoms with E-state index in [-0.39, 0.29) is 23.1 Å². The van der Waals surface area contributed by atoms with Crippen LogP contribution in [0.15, 0.2) is 51.8 Å². The number of fused-ring (bicyclic) bond motifs is 3. The van der Waals surface area contributed by atoms with E-state index in [1.54, 1.807) is 43.5 Å². The molecule has 0 saturated carbocycles. The van der Waals surface area contributed by atoms with E-state index in [4.69, 9.17) is 20.9 Å². The van der Waals surface area contributed by atoms with Crippen molar-refractivity contribution in [2.75, 3.05) is 0 Å². The van der Waals surface area contributed by atoms with Crippen LogP contribution in [0.4, 0.5) is 4.39 Å². The van der Waals surface area contributed by atoms with Crippen molar-refractivity contribution in [2.45, 2.75) is 72.2 Å². The van der Waals surface area contributed by atoms with Gasteiger partial charge in [0.15, 0.2) is 22.7 Å². The van der Waals surface area contributed by atoms with Crippen LogP contribution in [0.3, 0.4) is 0 Å². The summed E-state index contributed by atoms with van der Waals surface area (Å²) < 4.78 is 27.1. The highest BCUT2D eigenvalue weighted by atomic mass is 35.5. The van der Waals surface area contributed by atoms with Crippen molar-refractivity contribution in [3.05, 3.63) is 98.2 Å². The maximum atomic E-state index is 14.0. The molecule has 0 spiro atoms. The molecule has 13 nitrogen and oxygen atoms in total. The number of carboxylic acids is 1. The number of hydrogen-bond acceptors (Lipinski definition) is 9. The number of nitrogens with zero attached hydrogens (tertiary/aromatic N) is 4. The first kappa shape index (κ1) is 34.3. The lowest BCUT2D eigenvalue weighted by Gasteiger charge is -2.21. The zero-order valence-corrected chi connectivity index (χ0v) is 27.6. The molecule has 6 rings (SSSR count). The van der Waals surface area contributed by atoms with E-state index in [1.165, 1.54) is 0 Å². The van der Waals surface area contributed by atoms with Gasteiger partial charge in [-0.05, 0) is 99.7 Å². The Balaban J connectivity index is 0.000000250. The van der Waals surface area contributed by atoms with Gasteiger partial charge in [-0.15, -0.1) is 0 Å². The van der Waals surface area contributed by atoms with E-state index >= 15 is 0 Å². The minimum absolute atomic E-state index is 0.142. The number of aromatic carboxylic acids is 1. The lowest BCUT2D eigenvalue weighted by molar-refractivity contribution is 0.00682. The Hall–Kier alpha value is -5.08. The molecule has 0 aliphatic heterocycles. The third kappa shape index (κ3) is 6.94. The zero-order valence-electron chi connectivity index (χ0n) is 26.9. The summed E-state index contributed by atoms with van der Waals surface area (Å²) in [6.45, 7) is 10.3. The molecule has 0 unspecified atom stereocenters. The molecule has 3 heterocycles. The quantitative estimate of drug-likeness (QED) is 0.155. The van der Waals surface area contributed by atoms with Crippen LogP contribution in [-0.4, -0.2) is 47.7 Å². The smallest absolute Gasteiger partial charge is 0.419 e. The molecule has 1 aliphatic carbocycles. The highest BCUT2D eigenvalue weighted by Crippen LogP contribution is 2.35. The van der Waals surface area contributed by atoms with E-state index in [0.29, 0.717) is 37.1 Å². The summed E-state index contributed by atoms with van der Waals surface area (Å²) in [7, 11) is 0. The van der Waals surface area contributed by atoms with Gasteiger partial charge in [-0.1, -0.05) is 12.1 Å². The molecule has 0 saturated heterocycles. The molecule has 1 amide bonds. The minimum atomic E-state index is -1.39. The molecule has 48 heavy (non-hydrogen) atoms. The van der Waals surface area contributed by atoms with E-state index in [0.717, 1.165) is 44.5 Å². The van der Waals surface area contributed by atoms with Crippen molar-refractivity contribution in [1.29, 1.82) is 0 Å². The van der Waals surface area contributed by atoms with E-state index in [2.05, 4.69) is 20.2 Å². The largest absolute Gasteiger partial charge is 0.477 e. The number of nitrogens with one attached hydrogen (secondary N) is 2. The normalized spacial score (nSPS) is 14.0. The second-order valence-corrected chi connectivity index (χ2v) is 12.4. The number of esters is 1. The van der Waals surface area contributed by atoms with Crippen LogP contribution in [-0.2, 0) is 24.2 Å². The Kier molecular flexibility index (Phi) is 9.69. The summed E-state index contributed by atoms with van der Waals surface area (Å²) in [5.41, 5.74) is 3.97.